The van der Waals surface area contributed by atoms with Gasteiger partial charge in [0.05, 0.1) is 25.7 Å². The summed E-state index contributed by atoms with van der Waals surface area (Å²) in [6.45, 7) is 4.78. The molecule has 0 amide bonds. The number of ether oxygens (including phenoxy) is 4. The highest BCUT2D eigenvalue weighted by atomic mass is 16.6. The van der Waals surface area contributed by atoms with Crippen LogP contribution in [0.25, 0.3) is 0 Å². The van der Waals surface area contributed by atoms with Crippen LogP contribution in [0.2, 0.25) is 0 Å². The highest BCUT2D eigenvalue weighted by Crippen LogP contribution is 2.42. The van der Waals surface area contributed by atoms with Crippen LogP contribution < -0.4 is 24.7 Å². The van der Waals surface area contributed by atoms with Gasteiger partial charge in [0.25, 0.3) is 0 Å². The molecule has 1 aliphatic rings. The van der Waals surface area contributed by atoms with Crippen LogP contribution in [0.5, 0.6) is 23.0 Å². The molecule has 6 heteroatoms. The Bertz CT molecular complexity index is 957. The van der Waals surface area contributed by atoms with Crippen LogP contribution in [-0.2, 0) is 5.41 Å². The van der Waals surface area contributed by atoms with Crippen LogP contribution in [0.3, 0.4) is 0 Å². The summed E-state index contributed by atoms with van der Waals surface area (Å²) in [7, 11) is 3.23. The van der Waals surface area contributed by atoms with Gasteiger partial charge >= 0.3 is 0 Å². The van der Waals surface area contributed by atoms with Crippen molar-refractivity contribution in [1.82, 2.24) is 0 Å². The molecule has 2 N–H and O–H groups in total. The van der Waals surface area contributed by atoms with Gasteiger partial charge < -0.3 is 24.7 Å². The first-order valence-electron chi connectivity index (χ1n) is 11.7. The van der Waals surface area contributed by atoms with Gasteiger partial charge in [0, 0.05) is 12.5 Å². The Labute approximate surface area is 197 Å². The van der Waals surface area contributed by atoms with Gasteiger partial charge in [-0.25, -0.2) is 0 Å². The number of methoxy groups -OCH3 is 2. The molecule has 33 heavy (non-hydrogen) atoms. The zero-order chi connectivity index (χ0) is 23.8. The Balaban J connectivity index is 1.65. The Hall–Kier alpha value is -2.91. The van der Waals surface area contributed by atoms with E-state index in [9.17, 15) is 5.26 Å². The summed E-state index contributed by atoms with van der Waals surface area (Å²) in [4.78, 5) is 0. The molecule has 3 rings (SSSR count). The number of fused-ring (bicyclic) bond motifs is 1. The summed E-state index contributed by atoms with van der Waals surface area (Å²) in [5.74, 6) is 3.04. The van der Waals surface area contributed by atoms with Crippen LogP contribution in [0.15, 0.2) is 42.5 Å². The standard InChI is InChI=1S/C27H36N2O4/c1-5-19(2)27(18-28,20-12-13-23(30-3)26(15-20)31-4)14-8-9-21(29)16-22-17-32-24-10-6-7-11-25(24)33-22/h6-7,10-13,15,19,21-22H,5,8-9,14,16-17,29H2,1-4H3. The molecule has 0 aromatic heterocycles. The van der Waals surface area contributed by atoms with E-state index in [1.807, 2.05) is 42.5 Å². The van der Waals surface area contributed by atoms with Crippen molar-refractivity contribution in [2.24, 2.45) is 11.7 Å². The zero-order valence-corrected chi connectivity index (χ0v) is 20.2. The van der Waals surface area contributed by atoms with E-state index in [0.29, 0.717) is 24.5 Å². The van der Waals surface area contributed by atoms with E-state index >= 15 is 0 Å². The molecule has 6 nitrogen and oxygen atoms in total. The Morgan fingerprint density at radius 1 is 1.15 bits per heavy atom. The smallest absolute Gasteiger partial charge is 0.161 e. The summed E-state index contributed by atoms with van der Waals surface area (Å²) in [6, 6.07) is 16.2. The fourth-order valence-corrected chi connectivity index (χ4v) is 4.65. The second kappa shape index (κ2) is 11.3. The van der Waals surface area contributed by atoms with Crippen molar-refractivity contribution < 1.29 is 18.9 Å². The van der Waals surface area contributed by atoms with Gasteiger partial charge in [-0.1, -0.05) is 38.5 Å². The predicted octanol–water partition coefficient (Wildman–Crippen LogP) is 5.24. The average molecular weight is 453 g/mol. The number of hydrogen-bond acceptors (Lipinski definition) is 6. The van der Waals surface area contributed by atoms with E-state index < -0.39 is 5.41 Å². The number of nitrogens with two attached hydrogens (primary N) is 1. The third-order valence-electron chi connectivity index (χ3n) is 6.83. The third kappa shape index (κ3) is 5.54. The number of para-hydroxylation sites is 2. The van der Waals surface area contributed by atoms with Gasteiger partial charge in [0.15, 0.2) is 23.0 Å². The topological polar surface area (TPSA) is 86.7 Å². The molecule has 1 aliphatic heterocycles. The first-order valence-corrected chi connectivity index (χ1v) is 11.7. The number of nitriles is 1. The van der Waals surface area contributed by atoms with Gasteiger partial charge in [-0.2, -0.15) is 5.26 Å². The van der Waals surface area contributed by atoms with Crippen LogP contribution >= 0.6 is 0 Å². The van der Waals surface area contributed by atoms with Crippen LogP contribution in [0.4, 0.5) is 0 Å². The first-order chi connectivity index (χ1) is 16.0. The van der Waals surface area contributed by atoms with E-state index in [0.717, 1.165) is 42.7 Å². The summed E-state index contributed by atoms with van der Waals surface area (Å²) < 4.78 is 22.8. The lowest BCUT2D eigenvalue weighted by Gasteiger charge is -2.34. The van der Waals surface area contributed by atoms with E-state index in [1.54, 1.807) is 14.2 Å². The fraction of sp³-hybridized carbons (Fsp3) is 0.519. The number of benzene rings is 2. The zero-order valence-electron chi connectivity index (χ0n) is 20.2. The Morgan fingerprint density at radius 2 is 1.88 bits per heavy atom. The molecule has 4 atom stereocenters. The predicted molar refractivity (Wildman–Crippen MR) is 129 cm³/mol. The Morgan fingerprint density at radius 3 is 2.55 bits per heavy atom. The minimum Gasteiger partial charge on any atom is -0.493 e. The molecule has 0 fully saturated rings. The van der Waals surface area contributed by atoms with Crippen molar-refractivity contribution in [3.63, 3.8) is 0 Å². The van der Waals surface area contributed by atoms with Crippen molar-refractivity contribution in [3.05, 3.63) is 48.0 Å². The molecule has 2 aromatic carbocycles. The van der Waals surface area contributed by atoms with E-state index in [2.05, 4.69) is 19.9 Å². The molecule has 0 bridgehead atoms. The minimum atomic E-state index is -0.614. The van der Waals surface area contributed by atoms with Crippen molar-refractivity contribution in [1.29, 1.82) is 5.26 Å². The molecule has 0 radical (unpaired) electrons. The lowest BCUT2D eigenvalue weighted by atomic mass is 9.67. The van der Waals surface area contributed by atoms with Crippen molar-refractivity contribution >= 4 is 0 Å². The summed E-state index contributed by atoms with van der Waals surface area (Å²) in [5.41, 5.74) is 6.82. The maximum absolute atomic E-state index is 10.4. The van der Waals surface area contributed by atoms with Crippen molar-refractivity contribution in [3.8, 4) is 29.1 Å². The molecule has 0 saturated heterocycles. The molecule has 0 spiro atoms. The number of rotatable bonds is 11. The van der Waals surface area contributed by atoms with Crippen molar-refractivity contribution in [2.75, 3.05) is 20.8 Å². The van der Waals surface area contributed by atoms with Gasteiger partial charge in [0.1, 0.15) is 12.7 Å². The van der Waals surface area contributed by atoms with E-state index in [4.69, 9.17) is 24.7 Å². The SMILES string of the molecule is CCC(C)C(C#N)(CCCC(N)CC1COc2ccccc2O1)c1ccc(OC)c(OC)c1. The van der Waals surface area contributed by atoms with E-state index in [1.165, 1.54) is 0 Å². The van der Waals surface area contributed by atoms with Crippen LogP contribution in [0.1, 0.15) is 51.5 Å². The molecule has 2 aromatic rings. The largest absolute Gasteiger partial charge is 0.493 e. The second-order valence-corrected chi connectivity index (χ2v) is 8.85. The Kier molecular flexibility index (Phi) is 8.46. The number of nitrogens with zero attached hydrogens (tertiary/aromatic N) is 1. The first kappa shape index (κ1) is 24.7. The van der Waals surface area contributed by atoms with Crippen LogP contribution in [-0.4, -0.2) is 33.0 Å². The minimum absolute atomic E-state index is 0.0254. The molecular formula is C27H36N2O4. The molecule has 178 valence electrons. The highest BCUT2D eigenvalue weighted by molar-refractivity contribution is 5.47. The molecule has 1 heterocycles. The van der Waals surface area contributed by atoms with E-state index in [-0.39, 0.29) is 18.1 Å². The third-order valence-corrected chi connectivity index (χ3v) is 6.83. The quantitative estimate of drug-likeness (QED) is 0.502. The normalized spacial score (nSPS) is 18.5. The maximum Gasteiger partial charge on any atom is 0.161 e. The van der Waals surface area contributed by atoms with Gasteiger partial charge in [-0.05, 0) is 55.0 Å². The average Bonchev–Trinajstić information content (AvgIpc) is 2.85. The van der Waals surface area contributed by atoms with Crippen LogP contribution in [0, 0.1) is 17.2 Å². The summed E-state index contributed by atoms with van der Waals surface area (Å²) in [5, 5.41) is 10.4. The number of hydrogen-bond donors (Lipinski definition) is 1. The second-order valence-electron chi connectivity index (χ2n) is 8.85. The van der Waals surface area contributed by atoms with Crippen molar-refractivity contribution in [2.45, 2.75) is 63.5 Å². The monoisotopic (exact) mass is 452 g/mol. The molecule has 0 aliphatic carbocycles. The maximum atomic E-state index is 10.4. The summed E-state index contributed by atoms with van der Waals surface area (Å²) in [6.07, 6.45) is 3.95. The lowest BCUT2D eigenvalue weighted by molar-refractivity contribution is 0.0788. The molecule has 0 saturated carbocycles. The van der Waals surface area contributed by atoms with Gasteiger partial charge in [-0.15, -0.1) is 0 Å². The fourth-order valence-electron chi connectivity index (χ4n) is 4.65. The highest BCUT2D eigenvalue weighted by Gasteiger charge is 2.38. The molecule has 4 unspecified atom stereocenters. The molecular weight excluding hydrogens is 416 g/mol. The summed E-state index contributed by atoms with van der Waals surface area (Å²) >= 11 is 0. The van der Waals surface area contributed by atoms with Gasteiger partial charge in [-0.3, -0.25) is 0 Å². The van der Waals surface area contributed by atoms with Gasteiger partial charge in [0.2, 0.25) is 0 Å². The lowest BCUT2D eigenvalue weighted by Crippen LogP contribution is -2.36.